The largest absolute Gasteiger partial charge is 0.462 e. The predicted molar refractivity (Wildman–Crippen MR) is 257 cm³/mol. The van der Waals surface area contributed by atoms with Crippen LogP contribution in [-0.2, 0) is 28.6 Å². The van der Waals surface area contributed by atoms with Crippen molar-refractivity contribution >= 4 is 17.9 Å². The monoisotopic (exact) mass is 849 g/mol. The molecule has 6 nitrogen and oxygen atoms in total. The van der Waals surface area contributed by atoms with Gasteiger partial charge in [0.1, 0.15) is 13.2 Å². The molecule has 1 atom stereocenters. The first-order valence-electron chi connectivity index (χ1n) is 27.0. The molecular weight excluding hydrogens is 745 g/mol. The number of hydrogen-bond acceptors (Lipinski definition) is 6. The zero-order chi connectivity index (χ0) is 43.7. The minimum Gasteiger partial charge on any atom is -0.462 e. The first-order chi connectivity index (χ1) is 29.5. The molecule has 0 aromatic heterocycles. The van der Waals surface area contributed by atoms with Crippen molar-refractivity contribution in [1.29, 1.82) is 0 Å². The zero-order valence-corrected chi connectivity index (χ0v) is 40.8. The fourth-order valence-corrected chi connectivity index (χ4v) is 8.27. The molecule has 356 valence electrons. The van der Waals surface area contributed by atoms with E-state index in [-0.39, 0.29) is 31.1 Å². The van der Waals surface area contributed by atoms with E-state index in [1.54, 1.807) is 0 Å². The fraction of sp³-hybridized carbons (Fsp3) is 0.944. The van der Waals surface area contributed by atoms with Crippen molar-refractivity contribution in [2.45, 2.75) is 316 Å². The van der Waals surface area contributed by atoms with E-state index in [0.29, 0.717) is 19.3 Å². The molecule has 0 N–H and O–H groups in total. The van der Waals surface area contributed by atoms with Gasteiger partial charge >= 0.3 is 17.9 Å². The predicted octanol–water partition coefficient (Wildman–Crippen LogP) is 17.6. The van der Waals surface area contributed by atoms with Gasteiger partial charge in [-0.25, -0.2) is 0 Å². The average molecular weight is 849 g/mol. The molecule has 0 amide bonds. The third kappa shape index (κ3) is 47.5. The van der Waals surface area contributed by atoms with E-state index < -0.39 is 6.10 Å². The summed E-state index contributed by atoms with van der Waals surface area (Å²) in [4.78, 5) is 38.0. The molecular formula is C54H104O6. The summed E-state index contributed by atoms with van der Waals surface area (Å²) in [6.45, 7) is 6.69. The lowest BCUT2D eigenvalue weighted by molar-refractivity contribution is -0.167. The highest BCUT2D eigenvalue weighted by atomic mass is 16.6. The molecule has 0 aliphatic rings. The summed E-state index contributed by atoms with van der Waals surface area (Å²) in [5.74, 6) is -0.837. The summed E-state index contributed by atoms with van der Waals surface area (Å²) < 4.78 is 16.8. The highest BCUT2D eigenvalue weighted by Crippen LogP contribution is 2.17. The van der Waals surface area contributed by atoms with E-state index >= 15 is 0 Å². The summed E-state index contributed by atoms with van der Waals surface area (Å²) >= 11 is 0. The number of hydrogen-bond donors (Lipinski definition) is 0. The van der Waals surface area contributed by atoms with E-state index in [1.165, 1.54) is 212 Å². The fourth-order valence-electron chi connectivity index (χ4n) is 8.27. The smallest absolute Gasteiger partial charge is 0.306 e. The molecule has 0 heterocycles. The van der Waals surface area contributed by atoms with Crippen LogP contribution in [-0.4, -0.2) is 37.2 Å². The maximum atomic E-state index is 12.8. The molecule has 0 aliphatic heterocycles. The third-order valence-corrected chi connectivity index (χ3v) is 12.4. The number of carbonyl (C=O) groups is 3. The van der Waals surface area contributed by atoms with E-state index in [1.807, 2.05) is 0 Å². The van der Waals surface area contributed by atoms with Gasteiger partial charge in [-0.15, -0.1) is 0 Å². The molecule has 0 bridgehead atoms. The van der Waals surface area contributed by atoms with Crippen LogP contribution in [0.1, 0.15) is 310 Å². The second kappa shape index (κ2) is 50.1. The van der Waals surface area contributed by atoms with Gasteiger partial charge in [-0.2, -0.15) is 0 Å². The summed E-state index contributed by atoms with van der Waals surface area (Å²) in [5.41, 5.74) is 0. The topological polar surface area (TPSA) is 78.9 Å². The highest BCUT2D eigenvalue weighted by molar-refractivity contribution is 5.71. The Bertz CT molecular complexity index is 889. The Morgan fingerprint density at radius 1 is 0.267 bits per heavy atom. The van der Waals surface area contributed by atoms with E-state index in [4.69, 9.17) is 14.2 Å². The zero-order valence-electron chi connectivity index (χ0n) is 40.8. The Balaban J connectivity index is 4.29. The molecule has 60 heavy (non-hydrogen) atoms. The standard InChI is InChI=1S/C54H104O6/c1-4-7-10-13-16-19-22-25-27-28-30-32-35-38-41-44-47-53(56)59-50-51(49-58-52(55)46-43-40-37-34-31-24-21-18-15-12-9-6-3)60-54(57)48-45-42-39-36-33-29-26-23-20-17-14-11-8-5-2/h51H,4-50H2,1-3H3/t51-/m0/s1. The van der Waals surface area contributed by atoms with Gasteiger partial charge in [0.05, 0.1) is 0 Å². The first-order valence-corrected chi connectivity index (χ1v) is 27.0. The van der Waals surface area contributed by atoms with Gasteiger partial charge in [0.2, 0.25) is 0 Å². The van der Waals surface area contributed by atoms with Gasteiger partial charge in [-0.05, 0) is 19.3 Å². The van der Waals surface area contributed by atoms with E-state index in [2.05, 4.69) is 20.8 Å². The number of esters is 3. The second-order valence-corrected chi connectivity index (χ2v) is 18.5. The van der Waals surface area contributed by atoms with Crippen molar-refractivity contribution < 1.29 is 28.6 Å². The van der Waals surface area contributed by atoms with Crippen molar-refractivity contribution in [2.24, 2.45) is 0 Å². The van der Waals surface area contributed by atoms with Crippen LogP contribution < -0.4 is 0 Å². The average Bonchev–Trinajstić information content (AvgIpc) is 3.24. The lowest BCUT2D eigenvalue weighted by Crippen LogP contribution is -2.30. The molecule has 0 aromatic carbocycles. The summed E-state index contributed by atoms with van der Waals surface area (Å²) in [5, 5.41) is 0. The molecule has 0 radical (unpaired) electrons. The van der Waals surface area contributed by atoms with Crippen LogP contribution in [0.2, 0.25) is 0 Å². The maximum absolute atomic E-state index is 12.8. The molecule has 0 aliphatic carbocycles. The quantitative estimate of drug-likeness (QED) is 0.0345. The summed E-state index contributed by atoms with van der Waals surface area (Å²) in [6.07, 6.45) is 53.7. The SMILES string of the molecule is CCCCCCCCCCCCCCCCCCC(=O)OC[C@H](COC(=O)CCCCCCCCCCCCCC)OC(=O)CCCCCCCCCCCCCCCC. The Morgan fingerprint density at radius 3 is 0.667 bits per heavy atom. The van der Waals surface area contributed by atoms with Crippen LogP contribution in [0.4, 0.5) is 0 Å². The minimum atomic E-state index is -0.759. The lowest BCUT2D eigenvalue weighted by Gasteiger charge is -2.18. The minimum absolute atomic E-state index is 0.0615. The van der Waals surface area contributed by atoms with Crippen molar-refractivity contribution in [2.75, 3.05) is 13.2 Å². The molecule has 0 saturated heterocycles. The van der Waals surface area contributed by atoms with Crippen LogP contribution in [0.25, 0.3) is 0 Å². The Kier molecular flexibility index (Phi) is 48.7. The van der Waals surface area contributed by atoms with Gasteiger partial charge in [-0.1, -0.05) is 271 Å². The van der Waals surface area contributed by atoms with Crippen molar-refractivity contribution in [3.8, 4) is 0 Å². The Morgan fingerprint density at radius 2 is 0.450 bits per heavy atom. The number of ether oxygens (including phenoxy) is 3. The van der Waals surface area contributed by atoms with Crippen molar-refractivity contribution in [3.63, 3.8) is 0 Å². The Labute approximate surface area is 374 Å². The van der Waals surface area contributed by atoms with E-state index in [9.17, 15) is 14.4 Å². The molecule has 0 saturated carbocycles. The van der Waals surface area contributed by atoms with Gasteiger partial charge in [0.25, 0.3) is 0 Å². The molecule has 0 spiro atoms. The van der Waals surface area contributed by atoms with Gasteiger partial charge < -0.3 is 14.2 Å². The van der Waals surface area contributed by atoms with Crippen LogP contribution in [0.3, 0.4) is 0 Å². The third-order valence-electron chi connectivity index (χ3n) is 12.4. The summed E-state index contributed by atoms with van der Waals surface area (Å²) in [7, 11) is 0. The molecule has 6 heteroatoms. The van der Waals surface area contributed by atoms with Crippen LogP contribution in [0.5, 0.6) is 0 Å². The van der Waals surface area contributed by atoms with E-state index in [0.717, 1.165) is 57.8 Å². The summed E-state index contributed by atoms with van der Waals surface area (Å²) in [6, 6.07) is 0. The van der Waals surface area contributed by atoms with Gasteiger partial charge in [0, 0.05) is 19.3 Å². The maximum Gasteiger partial charge on any atom is 0.306 e. The highest BCUT2D eigenvalue weighted by Gasteiger charge is 2.19. The van der Waals surface area contributed by atoms with Crippen molar-refractivity contribution in [3.05, 3.63) is 0 Å². The van der Waals surface area contributed by atoms with Gasteiger partial charge in [-0.3, -0.25) is 14.4 Å². The van der Waals surface area contributed by atoms with Crippen LogP contribution in [0.15, 0.2) is 0 Å². The number of unbranched alkanes of at least 4 members (excludes halogenated alkanes) is 39. The molecule has 0 fully saturated rings. The lowest BCUT2D eigenvalue weighted by atomic mass is 10.0. The normalized spacial score (nSPS) is 11.8. The Hall–Kier alpha value is -1.59. The number of rotatable bonds is 50. The number of carbonyl (C=O) groups excluding carboxylic acids is 3. The molecule has 0 unspecified atom stereocenters. The first kappa shape index (κ1) is 58.4. The molecule has 0 aromatic rings. The second-order valence-electron chi connectivity index (χ2n) is 18.5. The van der Waals surface area contributed by atoms with Crippen LogP contribution >= 0.6 is 0 Å². The van der Waals surface area contributed by atoms with Crippen molar-refractivity contribution in [1.82, 2.24) is 0 Å². The van der Waals surface area contributed by atoms with Crippen LogP contribution in [0, 0.1) is 0 Å². The van der Waals surface area contributed by atoms with Gasteiger partial charge in [0.15, 0.2) is 6.10 Å². The molecule has 0 rings (SSSR count).